The Hall–Kier alpha value is -2.44. The zero-order valence-electron chi connectivity index (χ0n) is 14.3. The van der Waals surface area contributed by atoms with Gasteiger partial charge in [0.1, 0.15) is 18.1 Å². The summed E-state index contributed by atoms with van der Waals surface area (Å²) < 4.78 is 12.8. The molecule has 2 heterocycles. The average Bonchev–Trinajstić information content (AvgIpc) is 3.21. The highest BCUT2D eigenvalue weighted by molar-refractivity contribution is 6.31. The SMILES string of the molecule is CN(Cc1c(Cl)cnn1C)C(=O)c1ccc(COc2cccc(Cl)c2)o1. The van der Waals surface area contributed by atoms with E-state index >= 15 is 0 Å². The van der Waals surface area contributed by atoms with E-state index in [1.807, 2.05) is 0 Å². The minimum atomic E-state index is -0.253. The Bertz CT molecular complexity index is 901. The lowest BCUT2D eigenvalue weighted by molar-refractivity contribution is 0.0746. The molecular formula is C18H17Cl2N3O3. The zero-order chi connectivity index (χ0) is 18.7. The van der Waals surface area contributed by atoms with E-state index in [-0.39, 0.29) is 18.3 Å². The zero-order valence-corrected chi connectivity index (χ0v) is 15.8. The predicted molar refractivity (Wildman–Crippen MR) is 98.5 cm³/mol. The quantitative estimate of drug-likeness (QED) is 0.630. The molecule has 26 heavy (non-hydrogen) atoms. The van der Waals surface area contributed by atoms with Crippen LogP contribution in [0.2, 0.25) is 10.0 Å². The lowest BCUT2D eigenvalue weighted by Gasteiger charge is -2.16. The van der Waals surface area contributed by atoms with Crippen molar-refractivity contribution in [2.75, 3.05) is 7.05 Å². The van der Waals surface area contributed by atoms with E-state index in [0.717, 1.165) is 5.69 Å². The van der Waals surface area contributed by atoms with Gasteiger partial charge in [0.2, 0.25) is 0 Å². The number of furan rings is 1. The van der Waals surface area contributed by atoms with Crippen molar-refractivity contribution in [3.8, 4) is 5.75 Å². The Kier molecular flexibility index (Phi) is 5.54. The molecule has 0 radical (unpaired) electrons. The Morgan fingerprint density at radius 2 is 2.12 bits per heavy atom. The van der Waals surface area contributed by atoms with Gasteiger partial charge in [0.05, 0.1) is 23.5 Å². The fourth-order valence-corrected chi connectivity index (χ4v) is 2.79. The number of aryl methyl sites for hydroxylation is 1. The number of nitrogens with zero attached hydrogens (tertiary/aromatic N) is 3. The summed E-state index contributed by atoms with van der Waals surface area (Å²) >= 11 is 12.0. The molecule has 2 aromatic heterocycles. The Labute approximate surface area is 160 Å². The number of aromatic nitrogens is 2. The molecule has 0 spiro atoms. The number of carbonyl (C=O) groups is 1. The Balaban J connectivity index is 1.62. The summed E-state index contributed by atoms with van der Waals surface area (Å²) in [5.74, 6) is 1.15. The number of carbonyl (C=O) groups excluding carboxylic acids is 1. The van der Waals surface area contributed by atoms with Crippen LogP contribution in [0.25, 0.3) is 0 Å². The Morgan fingerprint density at radius 3 is 2.81 bits per heavy atom. The van der Waals surface area contributed by atoms with E-state index in [0.29, 0.717) is 28.1 Å². The fraction of sp³-hybridized carbons (Fsp3) is 0.222. The molecule has 0 saturated heterocycles. The third-order valence-electron chi connectivity index (χ3n) is 3.79. The normalized spacial score (nSPS) is 10.8. The second-order valence-electron chi connectivity index (χ2n) is 5.74. The van der Waals surface area contributed by atoms with Crippen molar-refractivity contribution in [3.05, 3.63) is 69.9 Å². The van der Waals surface area contributed by atoms with Gasteiger partial charge in [-0.1, -0.05) is 29.3 Å². The molecule has 0 saturated carbocycles. The van der Waals surface area contributed by atoms with Crippen molar-refractivity contribution in [1.29, 1.82) is 0 Å². The molecule has 0 aliphatic heterocycles. The smallest absolute Gasteiger partial charge is 0.289 e. The van der Waals surface area contributed by atoms with E-state index in [1.54, 1.807) is 61.4 Å². The van der Waals surface area contributed by atoms with Crippen molar-refractivity contribution >= 4 is 29.1 Å². The summed E-state index contributed by atoms with van der Waals surface area (Å²) in [7, 11) is 3.45. The van der Waals surface area contributed by atoms with E-state index in [1.165, 1.54) is 4.90 Å². The summed E-state index contributed by atoms with van der Waals surface area (Å²) in [5, 5.41) is 5.17. The predicted octanol–water partition coefficient (Wildman–Crippen LogP) is 4.17. The van der Waals surface area contributed by atoms with Crippen LogP contribution in [-0.2, 0) is 20.2 Å². The molecule has 0 unspecified atom stereocenters. The minimum Gasteiger partial charge on any atom is -0.486 e. The Morgan fingerprint density at radius 1 is 1.31 bits per heavy atom. The van der Waals surface area contributed by atoms with E-state index in [4.69, 9.17) is 32.4 Å². The van der Waals surface area contributed by atoms with E-state index in [2.05, 4.69) is 5.10 Å². The largest absolute Gasteiger partial charge is 0.486 e. The molecule has 3 aromatic rings. The summed E-state index contributed by atoms with van der Waals surface area (Å²) in [5.41, 5.74) is 0.749. The maximum absolute atomic E-state index is 12.5. The van der Waals surface area contributed by atoms with E-state index < -0.39 is 0 Å². The minimum absolute atomic E-state index is 0.199. The molecule has 0 atom stereocenters. The first kappa shape index (κ1) is 18.4. The van der Waals surface area contributed by atoms with Gasteiger partial charge in [-0.2, -0.15) is 5.10 Å². The van der Waals surface area contributed by atoms with Crippen LogP contribution in [0.15, 0.2) is 47.0 Å². The molecule has 6 nitrogen and oxygen atoms in total. The van der Waals surface area contributed by atoms with Gasteiger partial charge in [0.25, 0.3) is 5.91 Å². The number of hydrogen-bond acceptors (Lipinski definition) is 4. The van der Waals surface area contributed by atoms with Crippen molar-refractivity contribution in [3.63, 3.8) is 0 Å². The topological polar surface area (TPSA) is 60.5 Å². The summed E-state index contributed by atoms with van der Waals surface area (Å²) in [6, 6.07) is 10.4. The molecule has 1 aromatic carbocycles. The molecule has 3 rings (SSSR count). The number of ether oxygens (including phenoxy) is 1. The van der Waals surface area contributed by atoms with Crippen LogP contribution in [0.3, 0.4) is 0 Å². The second kappa shape index (κ2) is 7.85. The van der Waals surface area contributed by atoms with Gasteiger partial charge in [-0.25, -0.2) is 0 Å². The first-order valence-corrected chi connectivity index (χ1v) is 8.58. The molecule has 0 N–H and O–H groups in total. The lowest BCUT2D eigenvalue weighted by atomic mass is 10.3. The van der Waals surface area contributed by atoms with Gasteiger partial charge >= 0.3 is 0 Å². The highest BCUT2D eigenvalue weighted by Gasteiger charge is 2.19. The first-order chi connectivity index (χ1) is 12.4. The third-order valence-corrected chi connectivity index (χ3v) is 4.34. The van der Waals surface area contributed by atoms with Gasteiger partial charge < -0.3 is 14.1 Å². The standard InChI is InChI=1S/C18H17Cl2N3O3/c1-22(10-16-15(20)9-21-23(16)2)18(24)17-7-6-14(26-17)11-25-13-5-3-4-12(19)8-13/h3-9H,10-11H2,1-2H3. The van der Waals surface area contributed by atoms with Gasteiger partial charge in [0, 0.05) is 19.1 Å². The molecule has 0 fully saturated rings. The van der Waals surface area contributed by atoms with Crippen LogP contribution in [-0.4, -0.2) is 27.6 Å². The van der Waals surface area contributed by atoms with Gasteiger partial charge in [-0.3, -0.25) is 9.48 Å². The highest BCUT2D eigenvalue weighted by atomic mass is 35.5. The second-order valence-corrected chi connectivity index (χ2v) is 6.58. The van der Waals surface area contributed by atoms with Crippen LogP contribution >= 0.6 is 23.2 Å². The fourth-order valence-electron chi connectivity index (χ4n) is 2.38. The van der Waals surface area contributed by atoms with Crippen molar-refractivity contribution in [2.45, 2.75) is 13.2 Å². The van der Waals surface area contributed by atoms with Crippen LogP contribution < -0.4 is 4.74 Å². The summed E-state index contributed by atoms with van der Waals surface area (Å²) in [6.07, 6.45) is 1.55. The number of rotatable bonds is 6. The van der Waals surface area contributed by atoms with Crippen molar-refractivity contribution in [2.24, 2.45) is 7.05 Å². The molecule has 0 bridgehead atoms. The highest BCUT2D eigenvalue weighted by Crippen LogP contribution is 2.20. The maximum atomic E-state index is 12.5. The van der Waals surface area contributed by atoms with Crippen molar-refractivity contribution in [1.82, 2.24) is 14.7 Å². The lowest BCUT2D eigenvalue weighted by Crippen LogP contribution is -2.27. The molecule has 136 valence electrons. The average molecular weight is 394 g/mol. The van der Waals surface area contributed by atoms with Crippen LogP contribution in [0.5, 0.6) is 5.75 Å². The van der Waals surface area contributed by atoms with Gasteiger partial charge in [0.15, 0.2) is 5.76 Å². The summed E-state index contributed by atoms with van der Waals surface area (Å²) in [6.45, 7) is 0.522. The monoisotopic (exact) mass is 393 g/mol. The first-order valence-electron chi connectivity index (χ1n) is 7.83. The third kappa shape index (κ3) is 4.20. The molecule has 1 amide bonds. The number of halogens is 2. The number of hydrogen-bond donors (Lipinski definition) is 0. The van der Waals surface area contributed by atoms with Gasteiger partial charge in [-0.15, -0.1) is 0 Å². The molecular weight excluding hydrogens is 377 g/mol. The number of benzene rings is 1. The molecule has 8 heteroatoms. The summed E-state index contributed by atoms with van der Waals surface area (Å²) in [4.78, 5) is 14.0. The van der Waals surface area contributed by atoms with Crippen LogP contribution in [0.4, 0.5) is 0 Å². The van der Waals surface area contributed by atoms with Crippen LogP contribution in [0, 0.1) is 0 Å². The van der Waals surface area contributed by atoms with E-state index in [9.17, 15) is 4.79 Å². The van der Waals surface area contributed by atoms with Crippen LogP contribution in [0.1, 0.15) is 22.0 Å². The molecule has 0 aliphatic carbocycles. The molecule has 0 aliphatic rings. The number of amides is 1. The maximum Gasteiger partial charge on any atom is 0.289 e. The van der Waals surface area contributed by atoms with Crippen molar-refractivity contribution < 1.29 is 13.9 Å². The van der Waals surface area contributed by atoms with Gasteiger partial charge in [-0.05, 0) is 30.3 Å².